The van der Waals surface area contributed by atoms with Crippen LogP contribution in [0.5, 0.6) is 0 Å². The Morgan fingerprint density at radius 3 is 2.14 bits per heavy atom. The molecule has 0 aliphatic rings. The highest BCUT2D eigenvalue weighted by molar-refractivity contribution is 8.47. The fraction of sp³-hybridized carbons (Fsp3) is 1.00. The molecule has 1 atom stereocenters. The van der Waals surface area contributed by atoms with Crippen molar-refractivity contribution in [3.05, 3.63) is 0 Å². The Bertz CT molecular complexity index is 142. The molecule has 0 saturated carbocycles. The van der Waals surface area contributed by atoms with Gasteiger partial charge in [-0.2, -0.15) is 13.6 Å². The standard InChI is InChI=1S/C9H22O3PS/c1-5-7-8-9(6-2)12-13(14,10-3)11-4/h9,14H,5-8H2,1-4H3/q+1. The Labute approximate surface area is 93.2 Å². The van der Waals surface area contributed by atoms with Gasteiger partial charge in [0.2, 0.25) is 0 Å². The fourth-order valence-corrected chi connectivity index (χ4v) is 2.46. The number of hydrogen-bond acceptors (Lipinski definition) is 4. The van der Waals surface area contributed by atoms with E-state index in [0.29, 0.717) is 0 Å². The first kappa shape index (κ1) is 14.7. The summed E-state index contributed by atoms with van der Waals surface area (Å²) in [6.07, 6.45) is 4.55. The van der Waals surface area contributed by atoms with Crippen molar-refractivity contribution in [2.75, 3.05) is 14.2 Å². The average molecular weight is 241 g/mol. The maximum atomic E-state index is 5.72. The van der Waals surface area contributed by atoms with Crippen molar-refractivity contribution in [3.63, 3.8) is 0 Å². The summed E-state index contributed by atoms with van der Waals surface area (Å²) in [6, 6.07) is 0. The predicted molar refractivity (Wildman–Crippen MR) is 64.6 cm³/mol. The lowest BCUT2D eigenvalue weighted by atomic mass is 10.1. The summed E-state index contributed by atoms with van der Waals surface area (Å²) in [5.74, 6) is 0. The zero-order valence-corrected chi connectivity index (χ0v) is 11.3. The lowest BCUT2D eigenvalue weighted by Gasteiger charge is -2.18. The monoisotopic (exact) mass is 241 g/mol. The minimum absolute atomic E-state index is 0.195. The Morgan fingerprint density at radius 1 is 1.21 bits per heavy atom. The van der Waals surface area contributed by atoms with Crippen molar-refractivity contribution in [2.45, 2.75) is 45.6 Å². The molecule has 0 aromatic heterocycles. The number of rotatable bonds is 8. The first-order chi connectivity index (χ1) is 6.61. The van der Waals surface area contributed by atoms with Crippen molar-refractivity contribution in [3.8, 4) is 0 Å². The van der Waals surface area contributed by atoms with Crippen LogP contribution in [-0.4, -0.2) is 20.3 Å². The molecule has 86 valence electrons. The van der Waals surface area contributed by atoms with E-state index in [1.807, 2.05) is 0 Å². The lowest BCUT2D eigenvalue weighted by molar-refractivity contribution is 0.128. The van der Waals surface area contributed by atoms with Crippen LogP contribution in [0.1, 0.15) is 39.5 Å². The van der Waals surface area contributed by atoms with Crippen molar-refractivity contribution in [1.29, 1.82) is 0 Å². The van der Waals surface area contributed by atoms with Gasteiger partial charge in [0.15, 0.2) is 0 Å². The Kier molecular flexibility index (Phi) is 8.26. The van der Waals surface area contributed by atoms with Gasteiger partial charge in [-0.1, -0.05) is 26.7 Å². The quantitative estimate of drug-likeness (QED) is 0.516. The van der Waals surface area contributed by atoms with E-state index < -0.39 is 7.15 Å². The van der Waals surface area contributed by atoms with E-state index in [9.17, 15) is 0 Å². The zero-order chi connectivity index (χ0) is 11.0. The topological polar surface area (TPSA) is 27.7 Å². The van der Waals surface area contributed by atoms with E-state index in [1.54, 1.807) is 14.2 Å². The molecule has 0 spiro atoms. The number of hydrogen-bond donors (Lipinski definition) is 1. The molecule has 0 fully saturated rings. The third-order valence-corrected chi connectivity index (χ3v) is 4.83. The van der Waals surface area contributed by atoms with Crippen molar-refractivity contribution < 1.29 is 13.6 Å². The summed E-state index contributed by atoms with van der Waals surface area (Å²) in [6.45, 7) is 4.27. The van der Waals surface area contributed by atoms with Crippen LogP contribution in [0.4, 0.5) is 0 Å². The highest BCUT2D eigenvalue weighted by Gasteiger charge is 2.41. The molecule has 0 N–H and O–H groups in total. The van der Waals surface area contributed by atoms with Crippen molar-refractivity contribution in [1.82, 2.24) is 0 Å². The average Bonchev–Trinajstić information content (AvgIpc) is 2.23. The maximum Gasteiger partial charge on any atom is 0.477 e. The molecule has 0 amide bonds. The van der Waals surface area contributed by atoms with E-state index in [-0.39, 0.29) is 6.10 Å². The molecule has 0 radical (unpaired) electrons. The molecule has 1 unspecified atom stereocenters. The molecule has 0 saturated heterocycles. The SMILES string of the molecule is CCCCC(CC)O[P+](S)(OC)OC. The van der Waals surface area contributed by atoms with Gasteiger partial charge in [0.05, 0.1) is 26.5 Å². The second kappa shape index (κ2) is 7.89. The van der Waals surface area contributed by atoms with Gasteiger partial charge in [0.1, 0.15) is 6.10 Å². The van der Waals surface area contributed by atoms with Gasteiger partial charge in [-0.25, -0.2) is 0 Å². The predicted octanol–water partition coefficient (Wildman–Crippen LogP) is 3.87. The Hall–Kier alpha value is 0.660. The summed E-state index contributed by atoms with van der Waals surface area (Å²) < 4.78 is 16.0. The van der Waals surface area contributed by atoms with Gasteiger partial charge in [0, 0.05) is 0 Å². The number of unbranched alkanes of at least 4 members (excludes halogenated alkanes) is 1. The van der Waals surface area contributed by atoms with Gasteiger partial charge in [-0.05, 0) is 12.8 Å². The number of thiol groups is 1. The van der Waals surface area contributed by atoms with Gasteiger partial charge in [0.25, 0.3) is 0 Å². The molecule has 0 aliphatic heterocycles. The van der Waals surface area contributed by atoms with Crippen LogP contribution in [0, 0.1) is 0 Å². The normalized spacial score (nSPS) is 14.4. The molecule has 0 aromatic carbocycles. The van der Waals surface area contributed by atoms with Crippen LogP contribution >= 0.6 is 19.4 Å². The van der Waals surface area contributed by atoms with Gasteiger partial charge in [-0.15, -0.1) is 0 Å². The third kappa shape index (κ3) is 5.52. The minimum Gasteiger partial charge on any atom is -0.172 e. The molecule has 0 bridgehead atoms. The molecule has 14 heavy (non-hydrogen) atoms. The van der Waals surface area contributed by atoms with Crippen LogP contribution < -0.4 is 0 Å². The molecule has 0 heterocycles. The summed E-state index contributed by atoms with van der Waals surface area (Å²) in [7, 11) is 0.783. The zero-order valence-electron chi connectivity index (χ0n) is 9.52. The first-order valence-electron chi connectivity index (χ1n) is 5.03. The minimum atomic E-state index is -2.35. The molecule has 0 rings (SSSR count). The Balaban J connectivity index is 4.00. The van der Waals surface area contributed by atoms with Gasteiger partial charge >= 0.3 is 7.15 Å². The highest BCUT2D eigenvalue weighted by atomic mass is 32.7. The van der Waals surface area contributed by atoms with E-state index in [1.165, 1.54) is 12.8 Å². The lowest BCUT2D eigenvalue weighted by Crippen LogP contribution is -2.12. The fourth-order valence-electron chi connectivity index (χ4n) is 1.11. The molecule has 5 heteroatoms. The van der Waals surface area contributed by atoms with E-state index in [0.717, 1.165) is 12.8 Å². The third-order valence-electron chi connectivity index (χ3n) is 2.08. The van der Waals surface area contributed by atoms with Crippen LogP contribution in [0.15, 0.2) is 0 Å². The van der Waals surface area contributed by atoms with Gasteiger partial charge < -0.3 is 0 Å². The second-order valence-electron chi connectivity index (χ2n) is 3.11. The smallest absolute Gasteiger partial charge is 0.172 e. The first-order valence-corrected chi connectivity index (χ1v) is 7.73. The van der Waals surface area contributed by atoms with Crippen LogP contribution in [0.2, 0.25) is 0 Å². The molecule has 3 nitrogen and oxygen atoms in total. The van der Waals surface area contributed by atoms with Crippen molar-refractivity contribution in [2.24, 2.45) is 0 Å². The molecule has 0 aromatic rings. The van der Waals surface area contributed by atoms with Crippen molar-refractivity contribution >= 4 is 19.4 Å². The Morgan fingerprint density at radius 2 is 1.79 bits per heavy atom. The van der Waals surface area contributed by atoms with Crippen LogP contribution in [0.25, 0.3) is 0 Å². The molecular formula is C9H22O3PS+. The van der Waals surface area contributed by atoms with Crippen LogP contribution in [-0.2, 0) is 13.6 Å². The summed E-state index contributed by atoms with van der Waals surface area (Å²) in [4.78, 5) is 0. The van der Waals surface area contributed by atoms with E-state index in [2.05, 4.69) is 26.1 Å². The summed E-state index contributed by atoms with van der Waals surface area (Å²) >= 11 is 4.28. The van der Waals surface area contributed by atoms with E-state index >= 15 is 0 Å². The maximum absolute atomic E-state index is 5.72. The highest BCUT2D eigenvalue weighted by Crippen LogP contribution is 2.66. The molecular weight excluding hydrogens is 219 g/mol. The summed E-state index contributed by atoms with van der Waals surface area (Å²) in [5, 5.41) is 0. The summed E-state index contributed by atoms with van der Waals surface area (Å²) in [5.41, 5.74) is 0. The largest absolute Gasteiger partial charge is 0.477 e. The van der Waals surface area contributed by atoms with E-state index in [4.69, 9.17) is 13.6 Å². The van der Waals surface area contributed by atoms with Crippen LogP contribution in [0.3, 0.4) is 0 Å². The molecule has 0 aliphatic carbocycles. The second-order valence-corrected chi connectivity index (χ2v) is 6.46. The van der Waals surface area contributed by atoms with Gasteiger partial charge in [-0.3, -0.25) is 0 Å².